The quantitative estimate of drug-likeness (QED) is 0.416. The fourth-order valence-electron chi connectivity index (χ4n) is 2.88. The molecule has 1 heteroatoms. The molecular weight excluding hydrogens is 302 g/mol. The lowest BCUT2D eigenvalue weighted by Gasteiger charge is -2.08. The van der Waals surface area contributed by atoms with Crippen molar-refractivity contribution in [3.05, 3.63) is 102 Å². The van der Waals surface area contributed by atoms with Crippen LogP contribution in [0.1, 0.15) is 16.7 Å². The van der Waals surface area contributed by atoms with Gasteiger partial charge in [-0.3, -0.25) is 4.98 Å². The molecule has 0 fully saturated rings. The second-order valence-corrected chi connectivity index (χ2v) is 6.05. The first kappa shape index (κ1) is 15.2. The summed E-state index contributed by atoms with van der Waals surface area (Å²) in [5.41, 5.74) is 5.24. The Labute approximate surface area is 148 Å². The maximum absolute atomic E-state index is 4.70. The minimum absolute atomic E-state index is 0.930. The van der Waals surface area contributed by atoms with Gasteiger partial charge in [0.25, 0.3) is 0 Å². The van der Waals surface area contributed by atoms with Gasteiger partial charge in [0.15, 0.2) is 0 Å². The second kappa shape index (κ2) is 6.63. The fourth-order valence-corrected chi connectivity index (χ4v) is 2.88. The summed E-state index contributed by atoms with van der Waals surface area (Å²) >= 11 is 0. The molecule has 0 atom stereocenters. The van der Waals surface area contributed by atoms with Crippen LogP contribution in [0.5, 0.6) is 0 Å². The number of aryl methyl sites for hydroxylation is 1. The lowest BCUT2D eigenvalue weighted by Crippen LogP contribution is -1.91. The number of hydrogen-bond donors (Lipinski definition) is 0. The summed E-state index contributed by atoms with van der Waals surface area (Å²) in [6, 6.07) is 26.8. The summed E-state index contributed by atoms with van der Waals surface area (Å²) in [6.45, 7) is 2.08. The molecule has 0 aliphatic carbocycles. The molecule has 0 aliphatic rings. The van der Waals surface area contributed by atoms with Gasteiger partial charge in [-0.25, -0.2) is 0 Å². The van der Waals surface area contributed by atoms with E-state index >= 15 is 0 Å². The maximum Gasteiger partial charge on any atom is 0.0865 e. The van der Waals surface area contributed by atoms with E-state index in [2.05, 4.69) is 67.3 Å². The highest BCUT2D eigenvalue weighted by molar-refractivity contribution is 5.92. The van der Waals surface area contributed by atoms with Gasteiger partial charge in [0.1, 0.15) is 0 Å². The molecule has 0 radical (unpaired) electrons. The number of hydrogen-bond acceptors (Lipinski definition) is 1. The van der Waals surface area contributed by atoms with Crippen LogP contribution < -0.4 is 0 Å². The largest absolute Gasteiger partial charge is 0.254 e. The molecule has 25 heavy (non-hydrogen) atoms. The molecule has 0 saturated heterocycles. The summed E-state index contributed by atoms with van der Waals surface area (Å²) in [5, 5.41) is 2.24. The van der Waals surface area contributed by atoms with Crippen LogP contribution in [0.15, 0.2) is 85.1 Å². The summed E-state index contributed by atoms with van der Waals surface area (Å²) in [5.74, 6) is 6.68. The van der Waals surface area contributed by atoms with Gasteiger partial charge in [0, 0.05) is 28.1 Å². The number of aromatic nitrogens is 1. The third-order valence-corrected chi connectivity index (χ3v) is 4.23. The van der Waals surface area contributed by atoms with Crippen molar-refractivity contribution in [3.63, 3.8) is 0 Å². The van der Waals surface area contributed by atoms with Gasteiger partial charge < -0.3 is 0 Å². The van der Waals surface area contributed by atoms with Crippen LogP contribution in [0.25, 0.3) is 22.0 Å². The molecule has 4 aromatic rings. The number of fused-ring (bicyclic) bond motifs is 1. The second-order valence-electron chi connectivity index (χ2n) is 6.05. The van der Waals surface area contributed by atoms with Crippen LogP contribution in [-0.2, 0) is 0 Å². The Hall–Kier alpha value is -3.37. The summed E-state index contributed by atoms with van der Waals surface area (Å²) in [4.78, 5) is 4.70. The standard InChI is InChI=1S/C24H17N/c1-18-11-13-19(14-12-18)15-16-23-22-10-6-5-9-21(22)17-25-24(23)20-7-3-2-4-8-20/h2-14,17H,1H3. The van der Waals surface area contributed by atoms with Crippen LogP contribution in [0, 0.1) is 18.8 Å². The molecule has 0 amide bonds. The first-order valence-electron chi connectivity index (χ1n) is 8.33. The number of benzene rings is 3. The lowest BCUT2D eigenvalue weighted by molar-refractivity contribution is 1.34. The van der Waals surface area contributed by atoms with Crippen LogP contribution in [0.2, 0.25) is 0 Å². The average molecular weight is 319 g/mol. The number of pyridine rings is 1. The lowest BCUT2D eigenvalue weighted by atomic mass is 10.00. The Balaban J connectivity index is 1.92. The Morgan fingerprint density at radius 1 is 0.720 bits per heavy atom. The van der Waals surface area contributed by atoms with Gasteiger partial charge in [-0.05, 0) is 19.1 Å². The maximum atomic E-state index is 4.70. The Kier molecular flexibility index (Phi) is 4.02. The van der Waals surface area contributed by atoms with E-state index in [9.17, 15) is 0 Å². The first-order chi connectivity index (χ1) is 12.3. The van der Waals surface area contributed by atoms with Crippen molar-refractivity contribution in [3.8, 4) is 23.1 Å². The normalized spacial score (nSPS) is 10.3. The SMILES string of the molecule is Cc1ccc(C#Cc2c(-c3ccccc3)ncc3ccccc23)cc1. The molecule has 0 aliphatic heterocycles. The zero-order chi connectivity index (χ0) is 17.1. The molecule has 0 saturated carbocycles. The average Bonchev–Trinajstić information content (AvgIpc) is 2.68. The monoisotopic (exact) mass is 319 g/mol. The van der Waals surface area contributed by atoms with Gasteiger partial charge in [-0.15, -0.1) is 0 Å². The van der Waals surface area contributed by atoms with E-state index in [1.54, 1.807) is 0 Å². The third kappa shape index (κ3) is 3.16. The van der Waals surface area contributed by atoms with Crippen LogP contribution in [0.4, 0.5) is 0 Å². The van der Waals surface area contributed by atoms with Crippen molar-refractivity contribution >= 4 is 10.8 Å². The van der Waals surface area contributed by atoms with Crippen molar-refractivity contribution in [2.45, 2.75) is 6.92 Å². The van der Waals surface area contributed by atoms with E-state index in [1.165, 1.54) is 5.56 Å². The van der Waals surface area contributed by atoms with Gasteiger partial charge in [-0.1, -0.05) is 84.1 Å². The van der Waals surface area contributed by atoms with Crippen LogP contribution >= 0.6 is 0 Å². The first-order valence-corrected chi connectivity index (χ1v) is 8.33. The van der Waals surface area contributed by atoms with Crippen molar-refractivity contribution in [2.75, 3.05) is 0 Å². The van der Waals surface area contributed by atoms with E-state index in [4.69, 9.17) is 4.98 Å². The van der Waals surface area contributed by atoms with E-state index in [0.717, 1.165) is 33.2 Å². The molecule has 0 spiro atoms. The van der Waals surface area contributed by atoms with Crippen LogP contribution in [0.3, 0.4) is 0 Å². The van der Waals surface area contributed by atoms with Crippen molar-refractivity contribution in [2.24, 2.45) is 0 Å². The summed E-state index contributed by atoms with van der Waals surface area (Å²) in [7, 11) is 0. The zero-order valence-corrected chi connectivity index (χ0v) is 14.0. The molecule has 3 aromatic carbocycles. The van der Waals surface area contributed by atoms with Crippen LogP contribution in [-0.4, -0.2) is 4.98 Å². The summed E-state index contributed by atoms with van der Waals surface area (Å²) < 4.78 is 0. The third-order valence-electron chi connectivity index (χ3n) is 4.23. The predicted octanol–water partition coefficient (Wildman–Crippen LogP) is 5.61. The molecule has 1 aromatic heterocycles. The molecular formula is C24H17N. The highest BCUT2D eigenvalue weighted by Gasteiger charge is 2.09. The minimum atomic E-state index is 0.930. The number of rotatable bonds is 1. The van der Waals surface area contributed by atoms with Crippen molar-refractivity contribution < 1.29 is 0 Å². The van der Waals surface area contributed by atoms with Gasteiger partial charge in [0.05, 0.1) is 11.3 Å². The molecule has 1 nitrogen and oxygen atoms in total. The van der Waals surface area contributed by atoms with Gasteiger partial charge >= 0.3 is 0 Å². The van der Waals surface area contributed by atoms with E-state index < -0.39 is 0 Å². The summed E-state index contributed by atoms with van der Waals surface area (Å²) in [6.07, 6.45) is 1.93. The van der Waals surface area contributed by atoms with Gasteiger partial charge in [0.2, 0.25) is 0 Å². The van der Waals surface area contributed by atoms with Gasteiger partial charge in [-0.2, -0.15) is 0 Å². The topological polar surface area (TPSA) is 12.9 Å². The molecule has 0 N–H and O–H groups in total. The Morgan fingerprint density at radius 2 is 1.44 bits per heavy atom. The zero-order valence-electron chi connectivity index (χ0n) is 14.0. The van der Waals surface area contributed by atoms with Crippen molar-refractivity contribution in [1.29, 1.82) is 0 Å². The molecule has 1 heterocycles. The smallest absolute Gasteiger partial charge is 0.0865 e. The number of nitrogens with zero attached hydrogens (tertiary/aromatic N) is 1. The molecule has 0 bridgehead atoms. The Morgan fingerprint density at radius 3 is 2.24 bits per heavy atom. The van der Waals surface area contributed by atoms with E-state index in [0.29, 0.717) is 0 Å². The Bertz CT molecular complexity index is 1080. The molecule has 118 valence electrons. The fraction of sp³-hybridized carbons (Fsp3) is 0.0417. The molecule has 4 rings (SSSR count). The van der Waals surface area contributed by atoms with E-state index in [1.807, 2.05) is 36.5 Å². The molecule has 0 unspecified atom stereocenters. The van der Waals surface area contributed by atoms with Crippen molar-refractivity contribution in [1.82, 2.24) is 4.98 Å². The highest BCUT2D eigenvalue weighted by Crippen LogP contribution is 2.27. The van der Waals surface area contributed by atoms with E-state index in [-0.39, 0.29) is 0 Å². The minimum Gasteiger partial charge on any atom is -0.254 e. The highest BCUT2D eigenvalue weighted by atomic mass is 14.7. The predicted molar refractivity (Wildman–Crippen MR) is 104 cm³/mol.